The van der Waals surface area contributed by atoms with Crippen LogP contribution in [0.5, 0.6) is 0 Å². The number of halogens is 1. The van der Waals surface area contributed by atoms with Gasteiger partial charge in [-0.25, -0.2) is 4.98 Å². The summed E-state index contributed by atoms with van der Waals surface area (Å²) in [6, 6.07) is 0.417. The zero-order valence-electron chi connectivity index (χ0n) is 7.65. The van der Waals surface area contributed by atoms with Crippen LogP contribution in [0.4, 0.5) is 0 Å². The molecule has 0 saturated heterocycles. The van der Waals surface area contributed by atoms with Crippen molar-refractivity contribution in [1.82, 2.24) is 9.55 Å². The Labute approximate surface area is 91.5 Å². The SMILES string of the molecule is O=c1c(SCCCl)nccn1C1CC1. The van der Waals surface area contributed by atoms with Crippen molar-refractivity contribution in [3.8, 4) is 0 Å². The Hall–Kier alpha value is -0.480. The molecule has 3 nitrogen and oxygen atoms in total. The number of rotatable bonds is 4. The average molecular weight is 231 g/mol. The van der Waals surface area contributed by atoms with Gasteiger partial charge in [0.05, 0.1) is 0 Å². The summed E-state index contributed by atoms with van der Waals surface area (Å²) < 4.78 is 1.78. The van der Waals surface area contributed by atoms with Gasteiger partial charge in [-0.15, -0.1) is 11.6 Å². The van der Waals surface area contributed by atoms with Crippen LogP contribution < -0.4 is 5.56 Å². The van der Waals surface area contributed by atoms with Gasteiger partial charge in [0.2, 0.25) is 0 Å². The molecule has 0 bridgehead atoms. The molecule has 1 aliphatic rings. The highest BCUT2D eigenvalue weighted by Crippen LogP contribution is 2.33. The van der Waals surface area contributed by atoms with E-state index < -0.39 is 0 Å². The molecule has 1 aliphatic carbocycles. The van der Waals surface area contributed by atoms with Gasteiger partial charge in [-0.05, 0) is 12.8 Å². The van der Waals surface area contributed by atoms with Crippen molar-refractivity contribution in [3.63, 3.8) is 0 Å². The predicted octanol–water partition coefficient (Wildman–Crippen LogP) is 1.91. The normalized spacial score (nSPS) is 15.8. The molecule has 0 aliphatic heterocycles. The molecule has 5 heteroatoms. The van der Waals surface area contributed by atoms with E-state index in [0.717, 1.165) is 18.6 Å². The van der Waals surface area contributed by atoms with Crippen LogP contribution in [-0.4, -0.2) is 21.2 Å². The lowest BCUT2D eigenvalue weighted by atomic mass is 10.6. The molecular weight excluding hydrogens is 220 g/mol. The minimum Gasteiger partial charge on any atom is -0.309 e. The highest BCUT2D eigenvalue weighted by Gasteiger charge is 2.25. The van der Waals surface area contributed by atoms with E-state index in [1.165, 1.54) is 11.8 Å². The molecule has 1 fully saturated rings. The monoisotopic (exact) mass is 230 g/mol. The number of hydrogen-bond acceptors (Lipinski definition) is 3. The lowest BCUT2D eigenvalue weighted by Gasteiger charge is -2.04. The molecule has 0 N–H and O–H groups in total. The third-order valence-electron chi connectivity index (χ3n) is 2.09. The minimum absolute atomic E-state index is 0.0325. The topological polar surface area (TPSA) is 34.9 Å². The molecule has 1 saturated carbocycles. The molecule has 1 aromatic heterocycles. The van der Waals surface area contributed by atoms with Gasteiger partial charge in [-0.2, -0.15) is 0 Å². The van der Waals surface area contributed by atoms with Gasteiger partial charge >= 0.3 is 0 Å². The summed E-state index contributed by atoms with van der Waals surface area (Å²) in [7, 11) is 0. The Balaban J connectivity index is 2.22. The van der Waals surface area contributed by atoms with Crippen LogP contribution >= 0.6 is 23.4 Å². The molecule has 1 heterocycles. The summed E-state index contributed by atoms with van der Waals surface area (Å²) in [4.78, 5) is 15.9. The highest BCUT2D eigenvalue weighted by atomic mass is 35.5. The van der Waals surface area contributed by atoms with Crippen molar-refractivity contribution in [2.75, 3.05) is 11.6 Å². The molecular formula is C9H11ClN2OS. The van der Waals surface area contributed by atoms with Crippen molar-refractivity contribution in [3.05, 3.63) is 22.7 Å². The molecule has 0 aromatic carbocycles. The quantitative estimate of drug-likeness (QED) is 0.586. The third kappa shape index (κ3) is 2.12. The lowest BCUT2D eigenvalue weighted by Crippen LogP contribution is -2.21. The van der Waals surface area contributed by atoms with E-state index >= 15 is 0 Å². The van der Waals surface area contributed by atoms with E-state index in [4.69, 9.17) is 11.6 Å². The van der Waals surface area contributed by atoms with Crippen molar-refractivity contribution in [2.45, 2.75) is 23.9 Å². The Morgan fingerprint density at radius 1 is 1.64 bits per heavy atom. The molecule has 1 aromatic rings. The molecule has 0 radical (unpaired) electrons. The van der Waals surface area contributed by atoms with Crippen LogP contribution in [0.1, 0.15) is 18.9 Å². The van der Waals surface area contributed by atoms with E-state index in [-0.39, 0.29) is 5.56 Å². The van der Waals surface area contributed by atoms with Gasteiger partial charge in [-0.3, -0.25) is 4.79 Å². The molecule has 0 spiro atoms. The standard InChI is InChI=1S/C9H11ClN2OS/c10-3-6-14-8-9(13)12(5-4-11-8)7-1-2-7/h4-5,7H,1-3,6H2. The first-order valence-electron chi connectivity index (χ1n) is 4.59. The Morgan fingerprint density at radius 3 is 3.07 bits per heavy atom. The van der Waals surface area contributed by atoms with Gasteiger partial charge in [0.1, 0.15) is 0 Å². The van der Waals surface area contributed by atoms with Crippen LogP contribution in [0.2, 0.25) is 0 Å². The van der Waals surface area contributed by atoms with Crippen LogP contribution in [0.15, 0.2) is 22.2 Å². The maximum Gasteiger partial charge on any atom is 0.283 e. The summed E-state index contributed by atoms with van der Waals surface area (Å²) in [5, 5.41) is 0.569. The van der Waals surface area contributed by atoms with Crippen molar-refractivity contribution in [1.29, 1.82) is 0 Å². The minimum atomic E-state index is 0.0325. The molecule has 2 rings (SSSR count). The van der Waals surface area contributed by atoms with Crippen molar-refractivity contribution >= 4 is 23.4 Å². The molecule has 14 heavy (non-hydrogen) atoms. The molecule has 0 unspecified atom stereocenters. The van der Waals surface area contributed by atoms with E-state index in [1.807, 2.05) is 0 Å². The maximum absolute atomic E-state index is 11.8. The second-order valence-electron chi connectivity index (χ2n) is 3.21. The largest absolute Gasteiger partial charge is 0.309 e. The van der Waals surface area contributed by atoms with Gasteiger partial charge in [-0.1, -0.05) is 11.8 Å². The Kier molecular flexibility index (Phi) is 3.13. The van der Waals surface area contributed by atoms with Gasteiger partial charge in [0.15, 0.2) is 5.03 Å². The first kappa shape index (κ1) is 10.1. The second-order valence-corrected chi connectivity index (χ2v) is 4.68. The van der Waals surface area contributed by atoms with Crippen LogP contribution in [0, 0.1) is 0 Å². The Bertz CT molecular complexity index is 375. The number of thioether (sulfide) groups is 1. The van der Waals surface area contributed by atoms with Gasteiger partial charge < -0.3 is 4.57 Å². The fourth-order valence-corrected chi connectivity index (χ4v) is 2.15. The smallest absolute Gasteiger partial charge is 0.283 e. The summed E-state index contributed by atoms with van der Waals surface area (Å²) in [5.41, 5.74) is 0.0325. The number of hydrogen-bond donors (Lipinski definition) is 0. The summed E-state index contributed by atoms with van der Waals surface area (Å²) in [5.74, 6) is 1.28. The van der Waals surface area contributed by atoms with Gasteiger partial charge in [0.25, 0.3) is 5.56 Å². The van der Waals surface area contributed by atoms with E-state index in [0.29, 0.717) is 16.9 Å². The zero-order valence-corrected chi connectivity index (χ0v) is 9.22. The summed E-state index contributed by atoms with van der Waals surface area (Å²) in [6.07, 6.45) is 5.69. The van der Waals surface area contributed by atoms with E-state index in [2.05, 4.69) is 4.98 Å². The first-order valence-corrected chi connectivity index (χ1v) is 6.11. The fraction of sp³-hybridized carbons (Fsp3) is 0.556. The number of aromatic nitrogens is 2. The lowest BCUT2D eigenvalue weighted by molar-refractivity contribution is 0.675. The number of alkyl halides is 1. The molecule has 0 amide bonds. The summed E-state index contributed by atoms with van der Waals surface area (Å²) >= 11 is 6.99. The van der Waals surface area contributed by atoms with Crippen LogP contribution in [0.3, 0.4) is 0 Å². The van der Waals surface area contributed by atoms with Crippen LogP contribution in [0.25, 0.3) is 0 Å². The van der Waals surface area contributed by atoms with Crippen molar-refractivity contribution in [2.24, 2.45) is 0 Å². The molecule has 0 atom stereocenters. The van der Waals surface area contributed by atoms with Gasteiger partial charge in [0, 0.05) is 30.1 Å². The van der Waals surface area contributed by atoms with Crippen molar-refractivity contribution < 1.29 is 0 Å². The third-order valence-corrected chi connectivity index (χ3v) is 3.47. The van der Waals surface area contributed by atoms with E-state index in [1.54, 1.807) is 17.0 Å². The second kappa shape index (κ2) is 4.36. The molecule has 76 valence electrons. The van der Waals surface area contributed by atoms with E-state index in [9.17, 15) is 4.79 Å². The Morgan fingerprint density at radius 2 is 2.43 bits per heavy atom. The fourth-order valence-electron chi connectivity index (χ4n) is 1.28. The first-order chi connectivity index (χ1) is 6.83. The highest BCUT2D eigenvalue weighted by molar-refractivity contribution is 7.99. The average Bonchev–Trinajstić information content (AvgIpc) is 3.00. The summed E-state index contributed by atoms with van der Waals surface area (Å²) in [6.45, 7) is 0. The predicted molar refractivity (Wildman–Crippen MR) is 58.2 cm³/mol. The zero-order chi connectivity index (χ0) is 9.97. The maximum atomic E-state index is 11.8. The number of nitrogens with zero attached hydrogens (tertiary/aromatic N) is 2. The van der Waals surface area contributed by atoms with Crippen LogP contribution in [-0.2, 0) is 0 Å².